The van der Waals surface area contributed by atoms with Crippen molar-refractivity contribution in [2.45, 2.75) is 45.6 Å². The van der Waals surface area contributed by atoms with E-state index in [-0.39, 0.29) is 29.4 Å². The van der Waals surface area contributed by atoms with Gasteiger partial charge in [-0.3, -0.25) is 14.3 Å². The first-order valence-electron chi connectivity index (χ1n) is 6.51. The minimum atomic E-state index is -0.263. The first-order chi connectivity index (χ1) is 8.48. The van der Waals surface area contributed by atoms with E-state index in [9.17, 15) is 9.59 Å². The first-order valence-corrected chi connectivity index (χ1v) is 6.51. The summed E-state index contributed by atoms with van der Waals surface area (Å²) < 4.78 is 0. The molecule has 0 spiro atoms. The van der Waals surface area contributed by atoms with Crippen molar-refractivity contribution >= 4 is 11.8 Å². The quantitative estimate of drug-likeness (QED) is 0.749. The molecule has 2 amide bonds. The van der Waals surface area contributed by atoms with Crippen LogP contribution < -0.4 is 5.32 Å². The second-order valence-corrected chi connectivity index (χ2v) is 5.69. The number of amides is 2. The molecule has 0 radical (unpaired) electrons. The van der Waals surface area contributed by atoms with E-state index in [1.807, 2.05) is 4.90 Å². The van der Waals surface area contributed by atoms with Crippen molar-refractivity contribution in [1.82, 2.24) is 10.2 Å². The molecule has 6 heteroatoms. The summed E-state index contributed by atoms with van der Waals surface area (Å²) in [5, 5.41) is 9.75. The summed E-state index contributed by atoms with van der Waals surface area (Å²) in [7, 11) is 1.00. The Morgan fingerprint density at radius 2 is 2.11 bits per heavy atom. The topological polar surface area (TPSA) is 69.6 Å². The summed E-state index contributed by atoms with van der Waals surface area (Å²) in [6.45, 7) is 6.05. The Morgan fingerprint density at radius 1 is 1.47 bits per heavy atom. The standard InChI is InChI=1S/C12H20N2O2.CH4O.FH.H2/c1-12(2)6-3-7-14(8-12)11(16)9-4-5-10(15)13-9;1-2;;/h9H,3-8H2,1-2H3,(H,13,15);2H,1H3;2*1H/t9-;;;/m0.../s1. The molecule has 0 aromatic rings. The normalized spacial score (nSPS) is 24.7. The van der Waals surface area contributed by atoms with Crippen molar-refractivity contribution in [3.05, 3.63) is 0 Å². The van der Waals surface area contributed by atoms with Gasteiger partial charge in [0.15, 0.2) is 0 Å². The highest BCUT2D eigenvalue weighted by molar-refractivity contribution is 5.90. The van der Waals surface area contributed by atoms with Crippen LogP contribution in [-0.4, -0.2) is 48.1 Å². The number of aliphatic hydroxyl groups is 1. The van der Waals surface area contributed by atoms with E-state index >= 15 is 0 Å². The van der Waals surface area contributed by atoms with Gasteiger partial charge >= 0.3 is 0 Å². The number of halogens is 1. The zero-order chi connectivity index (χ0) is 13.8. The Hall–Kier alpha value is -1.17. The smallest absolute Gasteiger partial charge is 0.245 e. The average Bonchev–Trinajstić information content (AvgIpc) is 2.76. The van der Waals surface area contributed by atoms with Gasteiger partial charge in [-0.05, 0) is 24.7 Å². The molecular weight excluding hydrogens is 251 g/mol. The van der Waals surface area contributed by atoms with Crippen LogP contribution in [0.15, 0.2) is 0 Å². The molecule has 0 saturated carbocycles. The molecular formula is C13H27FN2O3. The molecule has 2 fully saturated rings. The fourth-order valence-corrected chi connectivity index (χ4v) is 2.63. The molecule has 1 atom stereocenters. The molecule has 0 unspecified atom stereocenters. The monoisotopic (exact) mass is 278 g/mol. The minimum Gasteiger partial charge on any atom is -0.400 e. The van der Waals surface area contributed by atoms with Gasteiger partial charge in [-0.2, -0.15) is 0 Å². The van der Waals surface area contributed by atoms with E-state index < -0.39 is 0 Å². The second-order valence-electron chi connectivity index (χ2n) is 5.69. The number of nitrogens with one attached hydrogen (secondary N) is 1. The number of aliphatic hydroxyl groups excluding tert-OH is 1. The van der Waals surface area contributed by atoms with Crippen molar-refractivity contribution in [2.75, 3.05) is 20.2 Å². The second kappa shape index (κ2) is 7.43. The molecule has 2 aliphatic rings. The SMILES string of the molecule is CC1(C)CCCN(C(=O)[C@@H]2CCC(=O)N2)C1.CO.F.[HH]. The van der Waals surface area contributed by atoms with Gasteiger partial charge in [-0.15, -0.1) is 0 Å². The Bertz CT molecular complexity index is 327. The molecule has 0 bridgehead atoms. The molecule has 2 N–H and O–H groups in total. The molecule has 0 aromatic carbocycles. The number of nitrogens with zero attached hydrogens (tertiary/aromatic N) is 1. The van der Waals surface area contributed by atoms with Crippen molar-refractivity contribution in [3.63, 3.8) is 0 Å². The molecule has 0 aromatic heterocycles. The van der Waals surface area contributed by atoms with Crippen LogP contribution in [0.25, 0.3) is 0 Å². The van der Waals surface area contributed by atoms with Gasteiger partial charge in [0.2, 0.25) is 11.8 Å². The highest BCUT2D eigenvalue weighted by atomic mass is 19.0. The fourth-order valence-electron chi connectivity index (χ4n) is 2.63. The Balaban J connectivity index is 0. The Kier molecular flexibility index (Phi) is 6.97. The summed E-state index contributed by atoms with van der Waals surface area (Å²) in [5.41, 5.74) is 0.219. The van der Waals surface area contributed by atoms with Crippen LogP contribution in [0.3, 0.4) is 0 Å². The van der Waals surface area contributed by atoms with Gasteiger partial charge in [-0.1, -0.05) is 13.8 Å². The number of rotatable bonds is 1. The van der Waals surface area contributed by atoms with E-state index in [0.717, 1.165) is 26.6 Å². The number of likely N-dealkylation sites (tertiary alicyclic amines) is 1. The number of carbonyl (C=O) groups is 2. The molecule has 114 valence electrons. The number of hydrogen-bond acceptors (Lipinski definition) is 3. The van der Waals surface area contributed by atoms with Crippen molar-refractivity contribution in [3.8, 4) is 0 Å². The van der Waals surface area contributed by atoms with Crippen LogP contribution in [0.2, 0.25) is 0 Å². The van der Waals surface area contributed by atoms with Crippen molar-refractivity contribution in [1.29, 1.82) is 0 Å². The lowest BCUT2D eigenvalue weighted by Crippen LogP contribution is -2.50. The van der Waals surface area contributed by atoms with Gasteiger partial charge in [0.25, 0.3) is 0 Å². The van der Waals surface area contributed by atoms with Gasteiger partial charge in [-0.25, -0.2) is 0 Å². The summed E-state index contributed by atoms with van der Waals surface area (Å²) in [6.07, 6.45) is 3.40. The third-order valence-electron chi connectivity index (χ3n) is 3.51. The third kappa shape index (κ3) is 4.78. The highest BCUT2D eigenvalue weighted by Gasteiger charge is 2.35. The number of hydrogen-bond donors (Lipinski definition) is 2. The van der Waals surface area contributed by atoms with E-state index in [4.69, 9.17) is 5.11 Å². The van der Waals surface area contributed by atoms with E-state index in [2.05, 4.69) is 19.2 Å². The summed E-state index contributed by atoms with van der Waals surface area (Å²) in [4.78, 5) is 25.1. The summed E-state index contributed by atoms with van der Waals surface area (Å²) >= 11 is 0. The van der Waals surface area contributed by atoms with Crippen LogP contribution in [0.5, 0.6) is 0 Å². The summed E-state index contributed by atoms with van der Waals surface area (Å²) in [5.74, 6) is 0.119. The third-order valence-corrected chi connectivity index (χ3v) is 3.51. The predicted molar refractivity (Wildman–Crippen MR) is 73.5 cm³/mol. The molecule has 0 aliphatic carbocycles. The van der Waals surface area contributed by atoms with Gasteiger partial charge in [0, 0.05) is 28.0 Å². The van der Waals surface area contributed by atoms with Gasteiger partial charge < -0.3 is 15.3 Å². The van der Waals surface area contributed by atoms with E-state index in [1.165, 1.54) is 6.42 Å². The van der Waals surface area contributed by atoms with Crippen molar-refractivity contribution in [2.24, 2.45) is 5.41 Å². The predicted octanol–water partition coefficient (Wildman–Crippen LogP) is 0.921. The first kappa shape index (κ1) is 17.8. The van der Waals surface area contributed by atoms with Crippen LogP contribution in [-0.2, 0) is 9.59 Å². The van der Waals surface area contributed by atoms with E-state index in [0.29, 0.717) is 12.8 Å². The lowest BCUT2D eigenvalue weighted by molar-refractivity contribution is -0.137. The lowest BCUT2D eigenvalue weighted by Gasteiger charge is -2.39. The maximum absolute atomic E-state index is 12.1. The fraction of sp³-hybridized carbons (Fsp3) is 0.846. The molecule has 2 aliphatic heterocycles. The lowest BCUT2D eigenvalue weighted by atomic mass is 9.84. The molecule has 5 nitrogen and oxygen atoms in total. The van der Waals surface area contributed by atoms with Crippen LogP contribution in [0.1, 0.15) is 41.0 Å². The maximum atomic E-state index is 12.1. The molecule has 2 saturated heterocycles. The highest BCUT2D eigenvalue weighted by Crippen LogP contribution is 2.29. The Morgan fingerprint density at radius 3 is 2.58 bits per heavy atom. The largest absolute Gasteiger partial charge is 0.400 e. The van der Waals surface area contributed by atoms with Crippen LogP contribution in [0.4, 0.5) is 4.70 Å². The van der Waals surface area contributed by atoms with E-state index in [1.54, 1.807) is 0 Å². The number of carbonyl (C=O) groups excluding carboxylic acids is 2. The molecule has 2 heterocycles. The van der Waals surface area contributed by atoms with Crippen LogP contribution >= 0.6 is 0 Å². The average molecular weight is 278 g/mol. The zero-order valence-corrected chi connectivity index (χ0v) is 11.9. The molecule has 19 heavy (non-hydrogen) atoms. The molecule has 2 rings (SSSR count). The Labute approximate surface area is 115 Å². The summed E-state index contributed by atoms with van der Waals surface area (Å²) in [6, 6.07) is -0.263. The van der Waals surface area contributed by atoms with Crippen molar-refractivity contribution < 1.29 is 20.8 Å². The minimum absolute atomic E-state index is 0. The number of piperidine rings is 1. The van der Waals surface area contributed by atoms with Gasteiger partial charge in [0.05, 0.1) is 0 Å². The zero-order valence-electron chi connectivity index (χ0n) is 11.9. The van der Waals surface area contributed by atoms with Gasteiger partial charge in [0.1, 0.15) is 6.04 Å². The maximum Gasteiger partial charge on any atom is 0.245 e. The van der Waals surface area contributed by atoms with Crippen LogP contribution in [0, 0.1) is 5.41 Å².